The van der Waals surface area contributed by atoms with Crippen LogP contribution in [0.5, 0.6) is 0 Å². The summed E-state index contributed by atoms with van der Waals surface area (Å²) >= 11 is 0. The van der Waals surface area contributed by atoms with Crippen molar-refractivity contribution in [3.63, 3.8) is 0 Å². The third kappa shape index (κ3) is 8.15. The summed E-state index contributed by atoms with van der Waals surface area (Å²) in [7, 11) is 0. The van der Waals surface area contributed by atoms with E-state index in [0.29, 0.717) is 17.5 Å². The largest absolute Gasteiger partial charge is 0.309 e. The summed E-state index contributed by atoms with van der Waals surface area (Å²) in [5, 5.41) is 21.7. The number of nitrogens with zero attached hydrogens (tertiary/aromatic N) is 5. The van der Waals surface area contributed by atoms with Gasteiger partial charge in [-0.25, -0.2) is 15.0 Å². The number of hydrogen-bond donors (Lipinski definition) is 0. The Kier molecular flexibility index (Phi) is 11.4. The lowest BCUT2D eigenvalue weighted by Crippen LogP contribution is -2.01. The number of fused-ring (bicyclic) bond motifs is 19. The summed E-state index contributed by atoms with van der Waals surface area (Å²) in [6.45, 7) is 0. The molecule has 422 valence electrons. The number of aromatic nitrogens is 5. The molecule has 1 aliphatic rings. The molecule has 0 unspecified atom stereocenters. The molecule has 19 aromatic rings. The Bertz CT molecular complexity index is 6260. The fourth-order valence-corrected chi connectivity index (χ4v) is 14.9. The van der Waals surface area contributed by atoms with E-state index in [4.69, 9.17) is 15.0 Å². The van der Waals surface area contributed by atoms with Crippen LogP contribution in [0.1, 0.15) is 11.1 Å². The minimum atomic E-state index is 0.620. The van der Waals surface area contributed by atoms with E-state index in [1.165, 1.54) is 103 Å². The van der Waals surface area contributed by atoms with Crippen LogP contribution < -0.4 is 0 Å². The van der Waals surface area contributed by atoms with Crippen LogP contribution in [0, 0.1) is 0 Å². The lowest BCUT2D eigenvalue weighted by atomic mass is 9.96. The molecule has 3 heterocycles. The second-order valence-corrected chi connectivity index (χ2v) is 24.2. The van der Waals surface area contributed by atoms with Crippen LogP contribution in [0.4, 0.5) is 0 Å². The van der Waals surface area contributed by atoms with Crippen molar-refractivity contribution in [2.24, 2.45) is 0 Å². The van der Waals surface area contributed by atoms with Crippen molar-refractivity contribution < 1.29 is 0 Å². The van der Waals surface area contributed by atoms with Gasteiger partial charge >= 0.3 is 0 Å². The maximum atomic E-state index is 5.37. The van der Waals surface area contributed by atoms with Gasteiger partial charge in [-0.3, -0.25) is 0 Å². The van der Waals surface area contributed by atoms with Crippen molar-refractivity contribution in [3.05, 3.63) is 321 Å². The van der Waals surface area contributed by atoms with E-state index < -0.39 is 0 Å². The lowest BCUT2D eigenvalue weighted by Gasteiger charge is -2.15. The Morgan fingerprint density at radius 3 is 1.58 bits per heavy atom. The highest BCUT2D eigenvalue weighted by atomic mass is 15.0. The van der Waals surface area contributed by atoms with Crippen LogP contribution in [0.15, 0.2) is 309 Å². The van der Waals surface area contributed by atoms with Gasteiger partial charge in [0.05, 0.1) is 27.8 Å². The molecule has 0 saturated heterocycles. The summed E-state index contributed by atoms with van der Waals surface area (Å²) in [5.74, 6) is 1.89. The van der Waals surface area contributed by atoms with Crippen LogP contribution in [0.3, 0.4) is 0 Å². The van der Waals surface area contributed by atoms with Crippen molar-refractivity contribution in [1.82, 2.24) is 24.1 Å². The van der Waals surface area contributed by atoms with Gasteiger partial charge in [0.25, 0.3) is 0 Å². The smallest absolute Gasteiger partial charge is 0.164 e. The maximum absolute atomic E-state index is 5.37. The molecule has 0 bridgehead atoms. The van der Waals surface area contributed by atoms with Crippen molar-refractivity contribution in [2.75, 3.05) is 0 Å². The quantitative estimate of drug-likeness (QED) is 0.161. The molecule has 1 aliphatic carbocycles. The minimum Gasteiger partial charge on any atom is -0.309 e. The van der Waals surface area contributed by atoms with E-state index >= 15 is 0 Å². The van der Waals surface area contributed by atoms with E-state index in [9.17, 15) is 0 Å². The van der Waals surface area contributed by atoms with Crippen LogP contribution in [-0.4, -0.2) is 24.1 Å². The molecule has 3 aromatic heterocycles. The molecular formula is C86H53N5. The molecule has 0 fully saturated rings. The molecule has 0 atom stereocenters. The monoisotopic (exact) mass is 1160 g/mol. The second-order valence-electron chi connectivity index (χ2n) is 24.2. The Morgan fingerprint density at radius 1 is 0.242 bits per heavy atom. The van der Waals surface area contributed by atoms with Gasteiger partial charge in [0, 0.05) is 54.7 Å². The summed E-state index contributed by atoms with van der Waals surface area (Å²) < 4.78 is 4.95. The molecule has 0 aliphatic heterocycles. The van der Waals surface area contributed by atoms with E-state index in [-0.39, 0.29) is 0 Å². The fraction of sp³-hybridized carbons (Fsp3) is 0.0116. The van der Waals surface area contributed by atoms with E-state index in [0.717, 1.165) is 72.5 Å². The first-order chi connectivity index (χ1) is 45.1. The van der Waals surface area contributed by atoms with Crippen LogP contribution >= 0.6 is 0 Å². The molecule has 0 radical (unpaired) electrons. The molecule has 20 rings (SSSR count). The summed E-state index contributed by atoms with van der Waals surface area (Å²) in [5.41, 5.74) is 15.5. The number of benzene rings is 16. The predicted molar refractivity (Wildman–Crippen MR) is 382 cm³/mol. The fourth-order valence-electron chi connectivity index (χ4n) is 14.9. The van der Waals surface area contributed by atoms with E-state index in [1.54, 1.807) is 0 Å². The summed E-state index contributed by atoms with van der Waals surface area (Å²) in [6.07, 6.45) is 1.08. The first-order valence-electron chi connectivity index (χ1n) is 31.3. The molecular weight excluding hydrogens is 1100 g/mol. The highest BCUT2D eigenvalue weighted by Gasteiger charge is 2.23. The molecule has 0 spiro atoms. The zero-order chi connectivity index (χ0) is 59.7. The van der Waals surface area contributed by atoms with Gasteiger partial charge in [-0.2, -0.15) is 0 Å². The molecule has 5 nitrogen and oxygen atoms in total. The van der Waals surface area contributed by atoms with Crippen molar-refractivity contribution in [3.8, 4) is 56.7 Å². The van der Waals surface area contributed by atoms with Crippen molar-refractivity contribution in [1.29, 1.82) is 0 Å². The van der Waals surface area contributed by atoms with Gasteiger partial charge in [-0.15, -0.1) is 0 Å². The average Bonchev–Trinajstić information content (AvgIpc) is 1.64. The van der Waals surface area contributed by atoms with Gasteiger partial charge in [0.2, 0.25) is 0 Å². The first-order valence-corrected chi connectivity index (χ1v) is 31.3. The topological polar surface area (TPSA) is 48.5 Å². The molecule has 16 aromatic carbocycles. The second kappa shape index (κ2) is 20.3. The van der Waals surface area contributed by atoms with E-state index in [2.05, 4.69) is 319 Å². The lowest BCUT2D eigenvalue weighted by molar-refractivity contribution is 1.08. The van der Waals surface area contributed by atoms with E-state index in [1.807, 2.05) is 0 Å². The Morgan fingerprint density at radius 2 is 0.769 bits per heavy atom. The van der Waals surface area contributed by atoms with Crippen LogP contribution in [0.25, 0.3) is 176 Å². The molecule has 0 amide bonds. The maximum Gasteiger partial charge on any atom is 0.164 e. The average molecular weight is 1160 g/mol. The van der Waals surface area contributed by atoms with Gasteiger partial charge in [0.15, 0.2) is 17.5 Å². The number of rotatable bonds is 5. The Hall–Kier alpha value is -12.1. The summed E-state index contributed by atoms with van der Waals surface area (Å²) in [4.78, 5) is 16.0. The third-order valence-electron chi connectivity index (χ3n) is 19.2. The molecule has 0 saturated carbocycles. The highest BCUT2D eigenvalue weighted by Crippen LogP contribution is 2.44. The number of para-hydroxylation sites is 1. The highest BCUT2D eigenvalue weighted by molar-refractivity contribution is 6.20. The van der Waals surface area contributed by atoms with Gasteiger partial charge < -0.3 is 9.13 Å². The minimum absolute atomic E-state index is 0.620. The zero-order valence-corrected chi connectivity index (χ0v) is 49.4. The zero-order valence-electron chi connectivity index (χ0n) is 49.4. The molecule has 91 heavy (non-hydrogen) atoms. The molecule has 5 heteroatoms. The normalized spacial score (nSPS) is 12.1. The van der Waals surface area contributed by atoms with Crippen LogP contribution in [0.2, 0.25) is 0 Å². The van der Waals surface area contributed by atoms with Crippen molar-refractivity contribution in [2.45, 2.75) is 6.42 Å². The Balaban J connectivity index is 0.000000300. The van der Waals surface area contributed by atoms with Gasteiger partial charge in [-0.1, -0.05) is 255 Å². The molecule has 0 N–H and O–H groups in total. The van der Waals surface area contributed by atoms with Gasteiger partial charge in [0.1, 0.15) is 0 Å². The standard InChI is InChI=1S/C69H41N5.C17H12/c1-2-16-44-36-49(29-28-42(44)14-1)67-70-68(72-69(71-67)61-39-48-19-6-7-21-52(48)55-23-9-10-24-56(55)61)50-31-33-53-47(37-50)20-13-27-62(53)74-64-40-46-18-4-3-17-45(46)38-60(64)58-35-32-51(41-65(58)74)73-63-26-12-11-25-57(63)59-34-30-43-15-5-8-22-54(43)66(59)73;1-3-7-14-12(5-1)9-10-16-15-8-4-2-6-13(15)11-17(14)16/h1-41H;1-10H,11H2. The van der Waals surface area contributed by atoms with Gasteiger partial charge in [-0.05, 0) is 148 Å². The summed E-state index contributed by atoms with van der Waals surface area (Å²) in [6, 6.07) is 112. The van der Waals surface area contributed by atoms with Crippen molar-refractivity contribution >= 4 is 119 Å². The SMILES string of the molecule is c1ccc2c(c1)Cc1c-2ccc2ccccc12.c1ccc2cc(-c3nc(-c4ccc5c(-n6c7cc(-n8c9ccccc9c9ccc%10ccccc%10c98)ccc7c7cc8ccccc8cc76)cccc5c4)nc(-c4cc5ccccc5c5ccccc45)n3)ccc2c1. The predicted octanol–water partition coefficient (Wildman–Crippen LogP) is 22.4. The third-order valence-corrected chi connectivity index (χ3v) is 19.2. The Labute approximate surface area is 523 Å². The first kappa shape index (κ1) is 51.0. The van der Waals surface area contributed by atoms with Crippen LogP contribution in [-0.2, 0) is 6.42 Å². The number of hydrogen-bond acceptors (Lipinski definition) is 3.